The fourth-order valence-electron chi connectivity index (χ4n) is 3.43. The summed E-state index contributed by atoms with van der Waals surface area (Å²) in [6.07, 6.45) is 1.55. The molecule has 2 amide bonds. The van der Waals surface area contributed by atoms with Gasteiger partial charge in [0, 0.05) is 28.3 Å². The molecule has 0 saturated carbocycles. The van der Waals surface area contributed by atoms with Gasteiger partial charge in [-0.3, -0.25) is 9.59 Å². The van der Waals surface area contributed by atoms with Gasteiger partial charge in [0.1, 0.15) is 0 Å². The van der Waals surface area contributed by atoms with Crippen molar-refractivity contribution in [2.75, 3.05) is 5.32 Å². The van der Waals surface area contributed by atoms with Crippen LogP contribution in [0.25, 0.3) is 5.69 Å². The third-order valence-electron chi connectivity index (χ3n) is 5.14. The van der Waals surface area contributed by atoms with Crippen LogP contribution < -0.4 is 10.7 Å². The van der Waals surface area contributed by atoms with Crippen molar-refractivity contribution in [2.45, 2.75) is 40.5 Å². The van der Waals surface area contributed by atoms with Crippen LogP contribution in [0.4, 0.5) is 5.69 Å². The highest BCUT2D eigenvalue weighted by Gasteiger charge is 2.14. The molecule has 0 radical (unpaired) electrons. The van der Waals surface area contributed by atoms with E-state index >= 15 is 0 Å². The standard InChI is InChI=1S/C25H28N4O2/c1-16(2)20-9-11-22(12-10-20)27-24(30)25(31)28-26-15-21-14-18(4)29(19(21)5)23-8-6-7-17(3)13-23/h6-16H,1-5H3,(H,27,30)(H,28,31)/b26-15-. The zero-order valence-electron chi connectivity index (χ0n) is 18.6. The van der Waals surface area contributed by atoms with E-state index in [9.17, 15) is 9.59 Å². The Morgan fingerprint density at radius 3 is 2.32 bits per heavy atom. The molecule has 0 bridgehead atoms. The van der Waals surface area contributed by atoms with Crippen molar-refractivity contribution in [3.8, 4) is 5.69 Å². The zero-order chi connectivity index (χ0) is 22.5. The van der Waals surface area contributed by atoms with Crippen LogP contribution in [0.5, 0.6) is 0 Å². The average molecular weight is 417 g/mol. The van der Waals surface area contributed by atoms with E-state index in [-0.39, 0.29) is 0 Å². The molecule has 0 saturated heterocycles. The molecule has 0 aliphatic carbocycles. The molecule has 3 aromatic rings. The Morgan fingerprint density at radius 1 is 0.968 bits per heavy atom. The van der Waals surface area contributed by atoms with E-state index in [4.69, 9.17) is 0 Å². The molecule has 0 aliphatic heterocycles. The molecule has 1 heterocycles. The van der Waals surface area contributed by atoms with Gasteiger partial charge in [-0.2, -0.15) is 5.10 Å². The Labute approximate surface area is 183 Å². The summed E-state index contributed by atoms with van der Waals surface area (Å²) in [5.41, 5.74) is 9.19. The van der Waals surface area contributed by atoms with Crippen molar-refractivity contribution >= 4 is 23.7 Å². The van der Waals surface area contributed by atoms with Crippen LogP contribution in [0, 0.1) is 20.8 Å². The molecule has 0 spiro atoms. The number of rotatable bonds is 5. The van der Waals surface area contributed by atoms with Gasteiger partial charge in [-0.1, -0.05) is 38.1 Å². The number of hydrogen-bond acceptors (Lipinski definition) is 3. The van der Waals surface area contributed by atoms with E-state index in [2.05, 4.69) is 53.3 Å². The van der Waals surface area contributed by atoms with E-state index in [1.54, 1.807) is 18.3 Å². The molecule has 1 aromatic heterocycles. The van der Waals surface area contributed by atoms with Crippen LogP contribution >= 0.6 is 0 Å². The summed E-state index contributed by atoms with van der Waals surface area (Å²) in [5, 5.41) is 6.55. The molecule has 2 aromatic carbocycles. The third kappa shape index (κ3) is 5.28. The predicted molar refractivity (Wildman–Crippen MR) is 125 cm³/mol. The van der Waals surface area contributed by atoms with Gasteiger partial charge in [-0.25, -0.2) is 5.43 Å². The first kappa shape index (κ1) is 22.0. The molecule has 0 fully saturated rings. The number of aryl methyl sites for hydroxylation is 2. The van der Waals surface area contributed by atoms with Gasteiger partial charge in [-0.15, -0.1) is 0 Å². The van der Waals surface area contributed by atoms with Gasteiger partial charge in [0.05, 0.1) is 6.21 Å². The summed E-state index contributed by atoms with van der Waals surface area (Å²) >= 11 is 0. The first-order chi connectivity index (χ1) is 14.8. The summed E-state index contributed by atoms with van der Waals surface area (Å²) in [4.78, 5) is 24.2. The number of benzene rings is 2. The summed E-state index contributed by atoms with van der Waals surface area (Å²) in [6.45, 7) is 10.3. The summed E-state index contributed by atoms with van der Waals surface area (Å²) in [6, 6.07) is 17.7. The summed E-state index contributed by atoms with van der Waals surface area (Å²) < 4.78 is 2.13. The second kappa shape index (κ2) is 9.43. The normalized spacial score (nSPS) is 11.2. The smallest absolute Gasteiger partial charge is 0.318 e. The van der Waals surface area contributed by atoms with Gasteiger partial charge in [0.2, 0.25) is 0 Å². The zero-order valence-corrected chi connectivity index (χ0v) is 18.6. The van der Waals surface area contributed by atoms with Crippen LogP contribution in [0.3, 0.4) is 0 Å². The van der Waals surface area contributed by atoms with Gasteiger partial charge in [0.15, 0.2) is 0 Å². The van der Waals surface area contributed by atoms with Crippen LogP contribution in [0.1, 0.15) is 47.8 Å². The Kier molecular flexibility index (Phi) is 6.70. The van der Waals surface area contributed by atoms with E-state index in [1.165, 1.54) is 5.56 Å². The number of nitrogens with zero attached hydrogens (tertiary/aromatic N) is 2. The molecule has 160 valence electrons. The highest BCUT2D eigenvalue weighted by atomic mass is 16.2. The molecule has 31 heavy (non-hydrogen) atoms. The first-order valence-corrected chi connectivity index (χ1v) is 10.3. The van der Waals surface area contributed by atoms with Crippen molar-refractivity contribution < 1.29 is 9.59 Å². The molecule has 0 aliphatic rings. The third-order valence-corrected chi connectivity index (χ3v) is 5.14. The van der Waals surface area contributed by atoms with Crippen molar-refractivity contribution in [3.05, 3.63) is 82.7 Å². The van der Waals surface area contributed by atoms with Crippen molar-refractivity contribution in [1.82, 2.24) is 9.99 Å². The summed E-state index contributed by atoms with van der Waals surface area (Å²) in [7, 11) is 0. The molecular formula is C25H28N4O2. The first-order valence-electron chi connectivity index (χ1n) is 10.3. The minimum absolute atomic E-state index is 0.398. The lowest BCUT2D eigenvalue weighted by Crippen LogP contribution is -2.32. The summed E-state index contributed by atoms with van der Waals surface area (Å²) in [5.74, 6) is -1.19. The molecular weight excluding hydrogens is 388 g/mol. The van der Waals surface area contributed by atoms with Crippen LogP contribution in [0.2, 0.25) is 0 Å². The van der Waals surface area contributed by atoms with E-state index in [0.717, 1.165) is 28.2 Å². The highest BCUT2D eigenvalue weighted by molar-refractivity contribution is 6.39. The van der Waals surface area contributed by atoms with Crippen molar-refractivity contribution in [1.29, 1.82) is 0 Å². The minimum Gasteiger partial charge on any atom is -0.318 e. The van der Waals surface area contributed by atoms with Crippen LogP contribution in [-0.2, 0) is 9.59 Å². The van der Waals surface area contributed by atoms with Crippen molar-refractivity contribution in [2.24, 2.45) is 5.10 Å². The van der Waals surface area contributed by atoms with Crippen LogP contribution in [0.15, 0.2) is 59.7 Å². The number of carbonyl (C=O) groups excluding carboxylic acids is 2. The molecule has 2 N–H and O–H groups in total. The van der Waals surface area contributed by atoms with E-state index in [1.807, 2.05) is 44.2 Å². The molecule has 0 unspecified atom stereocenters. The Bertz CT molecular complexity index is 1120. The van der Waals surface area contributed by atoms with E-state index < -0.39 is 11.8 Å². The number of carbonyl (C=O) groups is 2. The Balaban J connectivity index is 1.64. The Hall–Kier alpha value is -3.67. The number of nitrogens with one attached hydrogen (secondary N) is 2. The molecule has 6 heteroatoms. The van der Waals surface area contributed by atoms with Gasteiger partial charge >= 0.3 is 11.8 Å². The molecule has 3 rings (SSSR count). The number of hydrogen-bond donors (Lipinski definition) is 2. The number of hydrazone groups is 1. The lowest BCUT2D eigenvalue weighted by molar-refractivity contribution is -0.136. The monoisotopic (exact) mass is 416 g/mol. The van der Waals surface area contributed by atoms with Crippen LogP contribution in [-0.4, -0.2) is 22.6 Å². The number of aromatic nitrogens is 1. The maximum Gasteiger partial charge on any atom is 0.329 e. The van der Waals surface area contributed by atoms with E-state index in [0.29, 0.717) is 11.6 Å². The van der Waals surface area contributed by atoms with Gasteiger partial charge in [0.25, 0.3) is 0 Å². The maximum atomic E-state index is 12.1. The number of amides is 2. The number of anilines is 1. The minimum atomic E-state index is -0.823. The second-order valence-corrected chi connectivity index (χ2v) is 7.93. The SMILES string of the molecule is Cc1cccc(-n2c(C)cc(/C=N\NC(=O)C(=O)Nc3ccc(C(C)C)cc3)c2C)c1. The fraction of sp³-hybridized carbons (Fsp3) is 0.240. The molecule has 6 nitrogen and oxygen atoms in total. The maximum absolute atomic E-state index is 12.1. The molecule has 0 atom stereocenters. The topological polar surface area (TPSA) is 75.5 Å². The lowest BCUT2D eigenvalue weighted by Gasteiger charge is -2.10. The highest BCUT2D eigenvalue weighted by Crippen LogP contribution is 2.20. The largest absolute Gasteiger partial charge is 0.329 e. The quantitative estimate of drug-likeness (QED) is 0.362. The lowest BCUT2D eigenvalue weighted by atomic mass is 10.0. The average Bonchev–Trinajstić information content (AvgIpc) is 3.01. The predicted octanol–water partition coefficient (Wildman–Crippen LogP) is 4.61. The van der Waals surface area contributed by atoms with Gasteiger partial charge < -0.3 is 9.88 Å². The Morgan fingerprint density at radius 2 is 1.68 bits per heavy atom. The van der Waals surface area contributed by atoms with Crippen molar-refractivity contribution in [3.63, 3.8) is 0 Å². The van der Waals surface area contributed by atoms with Gasteiger partial charge in [-0.05, 0) is 68.1 Å². The second-order valence-electron chi connectivity index (χ2n) is 7.93. The fourth-order valence-corrected chi connectivity index (χ4v) is 3.43.